The van der Waals surface area contributed by atoms with Crippen molar-refractivity contribution in [3.63, 3.8) is 0 Å². The number of amides is 1. The van der Waals surface area contributed by atoms with E-state index in [9.17, 15) is 9.90 Å². The minimum atomic E-state index is -0.449. The fraction of sp³-hybridized carbons (Fsp3) is 0.500. The largest absolute Gasteiger partial charge is 0.479 e. The number of anilines is 2. The SMILES string of the molecule is CC1Oc2ccc(NCC3(CO)CC3)cc2NC1=O. The van der Waals surface area contributed by atoms with Crippen molar-refractivity contribution in [1.29, 1.82) is 0 Å². The lowest BCUT2D eigenvalue weighted by atomic mass is 10.1. The maximum absolute atomic E-state index is 11.6. The number of hydrogen-bond donors (Lipinski definition) is 3. The molecule has 3 N–H and O–H groups in total. The number of benzene rings is 1. The van der Waals surface area contributed by atoms with Crippen LogP contribution < -0.4 is 15.4 Å². The first-order valence-corrected chi connectivity index (χ1v) is 6.58. The number of nitrogens with one attached hydrogen (secondary N) is 2. The zero-order valence-corrected chi connectivity index (χ0v) is 10.9. The molecule has 1 heterocycles. The second-order valence-corrected chi connectivity index (χ2v) is 5.47. The van der Waals surface area contributed by atoms with E-state index in [-0.39, 0.29) is 17.9 Å². The number of carbonyl (C=O) groups excluding carboxylic acids is 1. The first-order valence-electron chi connectivity index (χ1n) is 6.58. The molecular weight excluding hydrogens is 244 g/mol. The number of rotatable bonds is 4. The first-order chi connectivity index (χ1) is 9.12. The smallest absolute Gasteiger partial charge is 0.265 e. The molecule has 1 amide bonds. The molecule has 0 bridgehead atoms. The zero-order chi connectivity index (χ0) is 13.5. The molecule has 0 spiro atoms. The highest BCUT2D eigenvalue weighted by Gasteiger charge is 2.41. The molecule has 1 aromatic rings. The lowest BCUT2D eigenvalue weighted by Gasteiger charge is -2.24. The van der Waals surface area contributed by atoms with E-state index in [1.54, 1.807) is 6.92 Å². The van der Waals surface area contributed by atoms with Gasteiger partial charge >= 0.3 is 0 Å². The number of fused-ring (bicyclic) bond motifs is 1. The van der Waals surface area contributed by atoms with Crippen molar-refractivity contribution in [2.75, 3.05) is 23.8 Å². The van der Waals surface area contributed by atoms with Gasteiger partial charge in [0, 0.05) is 17.6 Å². The van der Waals surface area contributed by atoms with E-state index in [1.807, 2.05) is 18.2 Å². The topological polar surface area (TPSA) is 70.6 Å². The Kier molecular flexibility index (Phi) is 2.86. The van der Waals surface area contributed by atoms with Crippen LogP contribution in [0.25, 0.3) is 0 Å². The van der Waals surface area contributed by atoms with Crippen molar-refractivity contribution in [3.8, 4) is 5.75 Å². The highest BCUT2D eigenvalue weighted by Crippen LogP contribution is 2.45. The molecule has 1 fully saturated rings. The van der Waals surface area contributed by atoms with Crippen molar-refractivity contribution in [2.45, 2.75) is 25.9 Å². The molecule has 1 aliphatic heterocycles. The highest BCUT2D eigenvalue weighted by atomic mass is 16.5. The molecule has 3 rings (SSSR count). The summed E-state index contributed by atoms with van der Waals surface area (Å²) in [6, 6.07) is 5.65. The van der Waals surface area contributed by atoms with Gasteiger partial charge in [0.05, 0.1) is 12.3 Å². The fourth-order valence-corrected chi connectivity index (χ4v) is 2.18. The van der Waals surface area contributed by atoms with Crippen molar-refractivity contribution in [3.05, 3.63) is 18.2 Å². The second-order valence-electron chi connectivity index (χ2n) is 5.47. The Balaban J connectivity index is 1.71. The Bertz CT molecular complexity index is 511. The summed E-state index contributed by atoms with van der Waals surface area (Å²) in [5.74, 6) is 0.569. The van der Waals surface area contributed by atoms with Crippen LogP contribution in [0.4, 0.5) is 11.4 Å². The lowest BCUT2D eigenvalue weighted by molar-refractivity contribution is -0.122. The molecule has 2 aliphatic rings. The highest BCUT2D eigenvalue weighted by molar-refractivity contribution is 5.98. The molecule has 1 saturated carbocycles. The molecule has 0 radical (unpaired) electrons. The molecule has 0 aromatic heterocycles. The third-order valence-electron chi connectivity index (χ3n) is 3.87. The molecule has 0 saturated heterocycles. The van der Waals surface area contributed by atoms with E-state index in [0.717, 1.165) is 25.1 Å². The maximum Gasteiger partial charge on any atom is 0.265 e. The van der Waals surface area contributed by atoms with Crippen LogP contribution in [0.2, 0.25) is 0 Å². The Labute approximate surface area is 112 Å². The van der Waals surface area contributed by atoms with E-state index < -0.39 is 6.10 Å². The van der Waals surface area contributed by atoms with Crippen molar-refractivity contribution in [2.24, 2.45) is 5.41 Å². The Morgan fingerprint density at radius 3 is 3.00 bits per heavy atom. The van der Waals surface area contributed by atoms with Crippen LogP contribution in [-0.4, -0.2) is 30.3 Å². The lowest BCUT2D eigenvalue weighted by Crippen LogP contribution is -2.34. The zero-order valence-electron chi connectivity index (χ0n) is 10.9. The molecule has 1 aliphatic carbocycles. The Morgan fingerprint density at radius 2 is 2.32 bits per heavy atom. The van der Waals surface area contributed by atoms with Crippen molar-refractivity contribution >= 4 is 17.3 Å². The van der Waals surface area contributed by atoms with Gasteiger partial charge in [-0.2, -0.15) is 0 Å². The van der Waals surface area contributed by atoms with Crippen LogP contribution in [0.3, 0.4) is 0 Å². The fourth-order valence-electron chi connectivity index (χ4n) is 2.18. The van der Waals surface area contributed by atoms with E-state index in [4.69, 9.17) is 4.74 Å². The summed E-state index contributed by atoms with van der Waals surface area (Å²) in [5, 5.41) is 15.4. The Hall–Kier alpha value is -1.75. The number of aliphatic hydroxyl groups is 1. The van der Waals surface area contributed by atoms with Gasteiger partial charge in [-0.05, 0) is 38.0 Å². The minimum absolute atomic E-state index is 0.0597. The predicted octanol–water partition coefficient (Wildman–Crippen LogP) is 1.59. The average molecular weight is 262 g/mol. The molecule has 1 aromatic carbocycles. The van der Waals surface area contributed by atoms with Gasteiger partial charge < -0.3 is 20.5 Å². The third-order valence-corrected chi connectivity index (χ3v) is 3.87. The molecule has 1 unspecified atom stereocenters. The summed E-state index contributed by atoms with van der Waals surface area (Å²) in [7, 11) is 0. The first kappa shape index (κ1) is 12.3. The second kappa shape index (κ2) is 4.42. The van der Waals surface area contributed by atoms with Gasteiger partial charge in [0.1, 0.15) is 5.75 Å². The normalized spacial score (nSPS) is 23.1. The predicted molar refractivity (Wildman–Crippen MR) is 72.4 cm³/mol. The van der Waals surface area contributed by atoms with Crippen LogP contribution in [0.1, 0.15) is 19.8 Å². The average Bonchev–Trinajstić information content (AvgIpc) is 3.18. The van der Waals surface area contributed by atoms with E-state index in [0.29, 0.717) is 11.4 Å². The van der Waals surface area contributed by atoms with E-state index in [2.05, 4.69) is 10.6 Å². The van der Waals surface area contributed by atoms with Gasteiger partial charge in [0.25, 0.3) is 5.91 Å². The molecule has 5 nitrogen and oxygen atoms in total. The van der Waals surface area contributed by atoms with Gasteiger partial charge in [-0.1, -0.05) is 0 Å². The maximum atomic E-state index is 11.6. The summed E-state index contributed by atoms with van der Waals surface area (Å²) >= 11 is 0. The van der Waals surface area contributed by atoms with Crippen LogP contribution in [-0.2, 0) is 4.79 Å². The molecule has 5 heteroatoms. The van der Waals surface area contributed by atoms with Gasteiger partial charge in [0.2, 0.25) is 0 Å². The number of ether oxygens (including phenoxy) is 1. The van der Waals surface area contributed by atoms with Crippen LogP contribution in [0, 0.1) is 5.41 Å². The quantitative estimate of drug-likeness (QED) is 0.770. The van der Waals surface area contributed by atoms with Crippen LogP contribution in [0.5, 0.6) is 5.75 Å². The van der Waals surface area contributed by atoms with Crippen molar-refractivity contribution in [1.82, 2.24) is 0 Å². The Morgan fingerprint density at radius 1 is 1.53 bits per heavy atom. The summed E-state index contributed by atoms with van der Waals surface area (Å²) in [5.41, 5.74) is 1.68. The molecule has 19 heavy (non-hydrogen) atoms. The van der Waals surface area contributed by atoms with E-state index in [1.165, 1.54) is 0 Å². The van der Waals surface area contributed by atoms with Gasteiger partial charge in [-0.3, -0.25) is 4.79 Å². The van der Waals surface area contributed by atoms with Crippen LogP contribution in [0.15, 0.2) is 18.2 Å². The van der Waals surface area contributed by atoms with Gasteiger partial charge in [-0.15, -0.1) is 0 Å². The van der Waals surface area contributed by atoms with Gasteiger partial charge in [-0.25, -0.2) is 0 Å². The summed E-state index contributed by atoms with van der Waals surface area (Å²) in [6.45, 7) is 2.71. The monoisotopic (exact) mass is 262 g/mol. The summed E-state index contributed by atoms with van der Waals surface area (Å²) < 4.78 is 5.50. The number of carbonyl (C=O) groups is 1. The minimum Gasteiger partial charge on any atom is -0.479 e. The third kappa shape index (κ3) is 2.38. The molecular formula is C14H18N2O3. The van der Waals surface area contributed by atoms with Crippen LogP contribution >= 0.6 is 0 Å². The number of hydrogen-bond acceptors (Lipinski definition) is 4. The summed E-state index contributed by atoms with van der Waals surface area (Å²) in [4.78, 5) is 11.6. The van der Waals surface area contributed by atoms with Crippen molar-refractivity contribution < 1.29 is 14.6 Å². The molecule has 1 atom stereocenters. The summed E-state index contributed by atoms with van der Waals surface area (Å²) in [6.07, 6.45) is 1.69. The standard InChI is InChI=1S/C14H18N2O3/c1-9-13(18)16-11-6-10(2-3-12(11)19-9)15-7-14(8-17)4-5-14/h2-3,6,9,15,17H,4-5,7-8H2,1H3,(H,16,18). The molecule has 102 valence electrons. The number of aliphatic hydroxyl groups excluding tert-OH is 1. The van der Waals surface area contributed by atoms with Gasteiger partial charge in [0.15, 0.2) is 6.10 Å². The van der Waals surface area contributed by atoms with E-state index >= 15 is 0 Å².